The molecule has 0 saturated heterocycles. The van der Waals surface area contributed by atoms with Gasteiger partial charge in [-0.1, -0.05) is 11.6 Å². The van der Waals surface area contributed by atoms with Crippen LogP contribution in [0.15, 0.2) is 18.2 Å². The molecule has 0 atom stereocenters. The van der Waals surface area contributed by atoms with Crippen molar-refractivity contribution in [2.75, 3.05) is 5.32 Å². The maximum atomic E-state index is 12.2. The van der Waals surface area contributed by atoms with Crippen molar-refractivity contribution < 1.29 is 14.7 Å². The molecule has 110 valence electrons. The summed E-state index contributed by atoms with van der Waals surface area (Å²) in [5.74, 6) is -1.52. The maximum absolute atomic E-state index is 12.2. The molecule has 5 nitrogen and oxygen atoms in total. The number of carboxylic acid groups (broad SMARTS) is 1. The summed E-state index contributed by atoms with van der Waals surface area (Å²) in [5, 5.41) is 20.9. The second-order valence-electron chi connectivity index (χ2n) is 5.18. The number of benzene rings is 1. The third-order valence-corrected chi connectivity index (χ3v) is 4.13. The molecule has 0 spiro atoms. The first-order valence-corrected chi connectivity index (χ1v) is 7.12. The van der Waals surface area contributed by atoms with Gasteiger partial charge in [0, 0.05) is 5.92 Å². The van der Waals surface area contributed by atoms with Gasteiger partial charge in [-0.25, -0.2) is 0 Å². The third kappa shape index (κ3) is 3.73. The van der Waals surface area contributed by atoms with Crippen molar-refractivity contribution in [1.29, 1.82) is 5.26 Å². The number of carbonyl (C=O) groups excluding carboxylic acids is 1. The fraction of sp³-hybridized carbons (Fsp3) is 0.400. The lowest BCUT2D eigenvalue weighted by Crippen LogP contribution is -2.29. The van der Waals surface area contributed by atoms with Crippen LogP contribution in [0.1, 0.15) is 31.2 Å². The van der Waals surface area contributed by atoms with Crippen molar-refractivity contribution in [3.05, 3.63) is 28.8 Å². The average Bonchev–Trinajstić information content (AvgIpc) is 2.49. The summed E-state index contributed by atoms with van der Waals surface area (Å²) in [5.41, 5.74) is 0.838. The maximum Gasteiger partial charge on any atom is 0.306 e. The number of nitrogens with one attached hydrogen (secondary N) is 1. The zero-order valence-corrected chi connectivity index (χ0v) is 12.1. The fourth-order valence-corrected chi connectivity index (χ4v) is 2.69. The highest BCUT2D eigenvalue weighted by Gasteiger charge is 2.29. The van der Waals surface area contributed by atoms with Crippen molar-refractivity contribution >= 4 is 29.2 Å². The fourth-order valence-electron chi connectivity index (χ4n) is 2.53. The van der Waals surface area contributed by atoms with E-state index in [9.17, 15) is 9.59 Å². The zero-order valence-electron chi connectivity index (χ0n) is 11.3. The summed E-state index contributed by atoms with van der Waals surface area (Å²) < 4.78 is 0. The van der Waals surface area contributed by atoms with Crippen LogP contribution in [0.5, 0.6) is 0 Å². The van der Waals surface area contributed by atoms with Crippen LogP contribution < -0.4 is 5.32 Å². The Bertz CT molecular complexity index is 601. The molecule has 1 aliphatic rings. The van der Waals surface area contributed by atoms with E-state index in [2.05, 4.69) is 5.32 Å². The van der Waals surface area contributed by atoms with E-state index >= 15 is 0 Å². The molecule has 2 N–H and O–H groups in total. The van der Waals surface area contributed by atoms with Crippen LogP contribution in [0, 0.1) is 23.2 Å². The number of nitriles is 1. The van der Waals surface area contributed by atoms with Crippen LogP contribution in [-0.4, -0.2) is 17.0 Å². The first kappa shape index (κ1) is 15.3. The summed E-state index contributed by atoms with van der Waals surface area (Å²) in [7, 11) is 0. The molecule has 21 heavy (non-hydrogen) atoms. The summed E-state index contributed by atoms with van der Waals surface area (Å²) in [6.07, 6.45) is 2.13. The number of amides is 1. The minimum atomic E-state index is -0.793. The molecule has 0 aromatic heterocycles. The van der Waals surface area contributed by atoms with Crippen LogP contribution in [0.25, 0.3) is 0 Å². The van der Waals surface area contributed by atoms with E-state index in [-0.39, 0.29) is 17.7 Å². The number of halogens is 1. The Balaban J connectivity index is 2.00. The number of carboxylic acids is 1. The molecular formula is C15H15ClN2O3. The summed E-state index contributed by atoms with van der Waals surface area (Å²) in [6.45, 7) is 0. The predicted octanol–water partition coefficient (Wildman–Crippen LogP) is 3.04. The van der Waals surface area contributed by atoms with Crippen molar-refractivity contribution in [1.82, 2.24) is 0 Å². The molecule has 0 aliphatic heterocycles. The first-order valence-electron chi connectivity index (χ1n) is 6.74. The Morgan fingerprint density at radius 2 is 1.86 bits per heavy atom. The number of nitrogens with zero attached hydrogens (tertiary/aromatic N) is 1. The number of hydrogen-bond donors (Lipinski definition) is 2. The van der Waals surface area contributed by atoms with Gasteiger partial charge in [0.05, 0.1) is 28.3 Å². The van der Waals surface area contributed by atoms with Gasteiger partial charge in [0.2, 0.25) is 5.91 Å². The van der Waals surface area contributed by atoms with Gasteiger partial charge in [-0.3, -0.25) is 9.59 Å². The lowest BCUT2D eigenvalue weighted by molar-refractivity contribution is -0.143. The molecule has 1 fully saturated rings. The molecule has 0 radical (unpaired) electrons. The monoisotopic (exact) mass is 306 g/mol. The van der Waals surface area contributed by atoms with Crippen LogP contribution in [-0.2, 0) is 9.59 Å². The Morgan fingerprint density at radius 1 is 1.24 bits per heavy atom. The predicted molar refractivity (Wildman–Crippen MR) is 77.9 cm³/mol. The van der Waals surface area contributed by atoms with E-state index in [0.29, 0.717) is 42.0 Å². The highest BCUT2D eigenvalue weighted by atomic mass is 35.5. The van der Waals surface area contributed by atoms with Crippen LogP contribution in [0.2, 0.25) is 5.02 Å². The Morgan fingerprint density at radius 3 is 2.43 bits per heavy atom. The van der Waals surface area contributed by atoms with Crippen molar-refractivity contribution in [2.45, 2.75) is 25.7 Å². The molecule has 0 heterocycles. The van der Waals surface area contributed by atoms with Gasteiger partial charge in [0.1, 0.15) is 0 Å². The van der Waals surface area contributed by atoms with Gasteiger partial charge in [-0.05, 0) is 43.9 Å². The topological polar surface area (TPSA) is 90.2 Å². The molecule has 1 amide bonds. The largest absolute Gasteiger partial charge is 0.481 e. The van der Waals surface area contributed by atoms with Gasteiger partial charge < -0.3 is 10.4 Å². The smallest absolute Gasteiger partial charge is 0.306 e. The van der Waals surface area contributed by atoms with E-state index in [1.807, 2.05) is 6.07 Å². The van der Waals surface area contributed by atoms with E-state index in [1.54, 1.807) is 12.1 Å². The molecule has 2 rings (SSSR count). The summed E-state index contributed by atoms with van der Waals surface area (Å²) in [4.78, 5) is 23.1. The normalized spacial score (nSPS) is 21.3. The molecule has 1 aliphatic carbocycles. The highest BCUT2D eigenvalue weighted by Crippen LogP contribution is 2.31. The van der Waals surface area contributed by atoms with Gasteiger partial charge in [0.15, 0.2) is 0 Å². The van der Waals surface area contributed by atoms with E-state index < -0.39 is 5.97 Å². The van der Waals surface area contributed by atoms with Gasteiger partial charge in [0.25, 0.3) is 0 Å². The molecule has 6 heteroatoms. The van der Waals surface area contributed by atoms with Crippen LogP contribution >= 0.6 is 11.6 Å². The second-order valence-corrected chi connectivity index (χ2v) is 5.59. The quantitative estimate of drug-likeness (QED) is 0.898. The third-order valence-electron chi connectivity index (χ3n) is 3.80. The summed E-state index contributed by atoms with van der Waals surface area (Å²) >= 11 is 6.00. The van der Waals surface area contributed by atoms with Crippen LogP contribution in [0.4, 0.5) is 5.69 Å². The molecule has 1 saturated carbocycles. The van der Waals surface area contributed by atoms with Crippen LogP contribution in [0.3, 0.4) is 0 Å². The minimum absolute atomic E-state index is 0.171. The van der Waals surface area contributed by atoms with E-state index in [4.69, 9.17) is 22.0 Å². The number of rotatable bonds is 3. The van der Waals surface area contributed by atoms with Gasteiger partial charge in [-0.2, -0.15) is 5.26 Å². The van der Waals surface area contributed by atoms with Crippen molar-refractivity contribution in [2.24, 2.45) is 11.8 Å². The molecule has 0 unspecified atom stereocenters. The minimum Gasteiger partial charge on any atom is -0.481 e. The van der Waals surface area contributed by atoms with Gasteiger partial charge >= 0.3 is 5.97 Å². The lowest BCUT2D eigenvalue weighted by Gasteiger charge is -2.25. The van der Waals surface area contributed by atoms with E-state index in [0.717, 1.165) is 0 Å². The lowest BCUT2D eigenvalue weighted by atomic mass is 9.81. The number of anilines is 1. The Hall–Kier alpha value is -2.06. The Labute approximate surface area is 127 Å². The standard InChI is InChI=1S/C15H15ClN2O3/c16-12-6-1-9(8-17)7-13(12)18-14(19)10-2-4-11(5-3-10)15(20)21/h1,6-7,10-11H,2-5H2,(H,18,19)(H,20,21). The molecule has 0 bridgehead atoms. The number of carbonyl (C=O) groups is 2. The van der Waals surface area contributed by atoms with Crippen molar-refractivity contribution in [3.63, 3.8) is 0 Å². The second kappa shape index (κ2) is 6.59. The molecule has 1 aromatic carbocycles. The highest BCUT2D eigenvalue weighted by molar-refractivity contribution is 6.33. The number of hydrogen-bond acceptors (Lipinski definition) is 3. The van der Waals surface area contributed by atoms with Crippen molar-refractivity contribution in [3.8, 4) is 6.07 Å². The SMILES string of the molecule is N#Cc1ccc(Cl)c(NC(=O)C2CCC(C(=O)O)CC2)c1. The number of aliphatic carboxylic acids is 1. The average molecular weight is 307 g/mol. The Kier molecular flexibility index (Phi) is 4.81. The van der Waals surface area contributed by atoms with Gasteiger partial charge in [-0.15, -0.1) is 0 Å². The molecular weight excluding hydrogens is 292 g/mol. The first-order chi connectivity index (χ1) is 10.0. The molecule has 1 aromatic rings. The summed E-state index contributed by atoms with van der Waals surface area (Å²) in [6, 6.07) is 6.67. The zero-order chi connectivity index (χ0) is 15.4. The van der Waals surface area contributed by atoms with E-state index in [1.165, 1.54) is 6.07 Å².